The Labute approximate surface area is 228 Å². The van der Waals surface area contributed by atoms with Gasteiger partial charge in [-0.25, -0.2) is 4.98 Å². The molecule has 0 saturated carbocycles. The second kappa shape index (κ2) is 9.56. The maximum Gasteiger partial charge on any atom is 0.296 e. The Morgan fingerprint density at radius 2 is 1.92 bits per heavy atom. The number of aromatic nitrogens is 1. The summed E-state index contributed by atoms with van der Waals surface area (Å²) in [5, 5.41) is 12.3. The number of benzene rings is 3. The van der Waals surface area contributed by atoms with Gasteiger partial charge in [0.1, 0.15) is 17.9 Å². The van der Waals surface area contributed by atoms with Gasteiger partial charge in [0.05, 0.1) is 21.8 Å². The second-order valence-electron chi connectivity index (χ2n) is 9.41. The summed E-state index contributed by atoms with van der Waals surface area (Å²) in [7, 11) is 0. The molecular formula is C31H24N2O5S. The topological polar surface area (TPSA) is 92.9 Å². The number of aryl methyl sites for hydroxylation is 2. The van der Waals surface area contributed by atoms with Crippen LogP contribution in [-0.4, -0.2) is 28.4 Å². The van der Waals surface area contributed by atoms with Crippen LogP contribution in [0.25, 0.3) is 21.2 Å². The average Bonchev–Trinajstić information content (AvgIpc) is 3.62. The third-order valence-electron chi connectivity index (χ3n) is 6.69. The van der Waals surface area contributed by atoms with Crippen LogP contribution in [0.15, 0.2) is 95.1 Å². The van der Waals surface area contributed by atoms with Crippen molar-refractivity contribution in [2.24, 2.45) is 0 Å². The number of thiazole rings is 1. The molecule has 7 nitrogen and oxygen atoms in total. The van der Waals surface area contributed by atoms with E-state index in [9.17, 15) is 14.7 Å². The van der Waals surface area contributed by atoms with Crippen molar-refractivity contribution in [3.63, 3.8) is 0 Å². The number of nitrogens with zero attached hydrogens (tertiary/aromatic N) is 2. The van der Waals surface area contributed by atoms with E-state index in [1.54, 1.807) is 42.5 Å². The quantitative estimate of drug-likeness (QED) is 0.178. The van der Waals surface area contributed by atoms with Crippen LogP contribution < -0.4 is 9.64 Å². The van der Waals surface area contributed by atoms with E-state index in [-0.39, 0.29) is 11.3 Å². The summed E-state index contributed by atoms with van der Waals surface area (Å²) in [5.74, 6) is -1.23. The SMILES string of the molecule is C=CCOc1ccc(C2C(C(=O)c3cc4ccccc4o3)=C(O)C(=O)N2c2nc3c(C)cc(C)cc3s2)cc1. The molecule has 0 fully saturated rings. The summed E-state index contributed by atoms with van der Waals surface area (Å²) in [6.45, 7) is 7.98. The third-order valence-corrected chi connectivity index (χ3v) is 7.69. The number of carbonyl (C=O) groups excluding carboxylic acids is 2. The molecule has 0 aliphatic carbocycles. The van der Waals surface area contributed by atoms with Crippen molar-refractivity contribution in [2.75, 3.05) is 11.5 Å². The van der Waals surface area contributed by atoms with E-state index in [4.69, 9.17) is 14.1 Å². The number of Topliss-reactive ketones (excluding diaryl/α,β-unsaturated/α-hetero) is 1. The number of para-hydroxylation sites is 1. The molecular weight excluding hydrogens is 512 g/mol. The highest BCUT2D eigenvalue weighted by molar-refractivity contribution is 7.22. The maximum absolute atomic E-state index is 13.9. The Morgan fingerprint density at radius 1 is 1.15 bits per heavy atom. The monoisotopic (exact) mass is 536 g/mol. The Morgan fingerprint density at radius 3 is 2.67 bits per heavy atom. The van der Waals surface area contributed by atoms with Gasteiger partial charge in [-0.15, -0.1) is 0 Å². The van der Waals surface area contributed by atoms with Crippen molar-refractivity contribution in [3.05, 3.63) is 113 Å². The number of rotatable bonds is 7. The zero-order valence-electron chi connectivity index (χ0n) is 21.3. The van der Waals surface area contributed by atoms with Gasteiger partial charge in [-0.1, -0.05) is 60.4 Å². The number of aliphatic hydroxyl groups is 1. The largest absolute Gasteiger partial charge is 0.503 e. The van der Waals surface area contributed by atoms with Gasteiger partial charge in [-0.2, -0.15) is 0 Å². The zero-order chi connectivity index (χ0) is 27.3. The normalized spacial score (nSPS) is 15.5. The Balaban J connectivity index is 1.49. The summed E-state index contributed by atoms with van der Waals surface area (Å²) >= 11 is 1.34. The molecule has 2 aromatic heterocycles. The predicted molar refractivity (Wildman–Crippen MR) is 152 cm³/mol. The number of furan rings is 1. The van der Waals surface area contributed by atoms with Crippen LogP contribution in [0, 0.1) is 13.8 Å². The minimum absolute atomic E-state index is 0.0408. The highest BCUT2D eigenvalue weighted by atomic mass is 32.1. The molecule has 1 N–H and O–H groups in total. The van der Waals surface area contributed by atoms with Crippen LogP contribution >= 0.6 is 11.3 Å². The van der Waals surface area contributed by atoms with E-state index in [1.165, 1.54) is 16.2 Å². The van der Waals surface area contributed by atoms with Crippen LogP contribution in [0.5, 0.6) is 5.75 Å². The van der Waals surface area contributed by atoms with Gasteiger partial charge in [0.15, 0.2) is 16.7 Å². The van der Waals surface area contributed by atoms with Crippen LogP contribution in [0.1, 0.15) is 33.3 Å². The number of hydrogen-bond acceptors (Lipinski definition) is 7. The molecule has 0 spiro atoms. The molecule has 1 atom stereocenters. The van der Waals surface area contributed by atoms with E-state index < -0.39 is 23.5 Å². The minimum Gasteiger partial charge on any atom is -0.503 e. The van der Waals surface area contributed by atoms with Crippen molar-refractivity contribution >= 4 is 49.3 Å². The van der Waals surface area contributed by atoms with Crippen LogP contribution in [0.3, 0.4) is 0 Å². The average molecular weight is 537 g/mol. The highest BCUT2D eigenvalue weighted by Gasteiger charge is 2.46. The Bertz CT molecular complexity index is 1780. The number of fused-ring (bicyclic) bond motifs is 2. The lowest BCUT2D eigenvalue weighted by atomic mass is 9.95. The molecule has 1 aliphatic rings. The number of amides is 1. The maximum atomic E-state index is 13.9. The summed E-state index contributed by atoms with van der Waals surface area (Å²) in [4.78, 5) is 33.6. The zero-order valence-corrected chi connectivity index (χ0v) is 22.1. The Kier molecular flexibility index (Phi) is 6.04. The first-order chi connectivity index (χ1) is 18.9. The van der Waals surface area contributed by atoms with E-state index in [0.717, 1.165) is 26.7 Å². The lowest BCUT2D eigenvalue weighted by molar-refractivity contribution is -0.117. The number of ketones is 1. The number of aliphatic hydroxyl groups excluding tert-OH is 1. The summed E-state index contributed by atoms with van der Waals surface area (Å²) < 4.78 is 12.4. The molecule has 3 heterocycles. The molecule has 1 aliphatic heterocycles. The number of ether oxygens (including phenoxy) is 1. The van der Waals surface area contributed by atoms with E-state index in [2.05, 4.69) is 6.58 Å². The minimum atomic E-state index is -0.923. The summed E-state index contributed by atoms with van der Waals surface area (Å²) in [6, 6.07) is 19.1. The summed E-state index contributed by atoms with van der Waals surface area (Å²) in [6.07, 6.45) is 1.65. The molecule has 1 unspecified atom stereocenters. The second-order valence-corrected chi connectivity index (χ2v) is 10.4. The predicted octanol–water partition coefficient (Wildman–Crippen LogP) is 7.01. The molecule has 39 heavy (non-hydrogen) atoms. The number of anilines is 1. The van der Waals surface area contributed by atoms with Gasteiger partial charge in [-0.3, -0.25) is 14.5 Å². The smallest absolute Gasteiger partial charge is 0.296 e. The number of carbonyl (C=O) groups is 2. The summed E-state index contributed by atoms with van der Waals surface area (Å²) in [5.41, 5.74) is 3.93. The van der Waals surface area contributed by atoms with Crippen molar-refractivity contribution in [2.45, 2.75) is 19.9 Å². The van der Waals surface area contributed by atoms with Gasteiger partial charge in [-0.05, 0) is 60.9 Å². The first kappa shape index (κ1) is 24.6. The molecule has 0 radical (unpaired) electrons. The first-order valence-corrected chi connectivity index (χ1v) is 13.2. The highest BCUT2D eigenvalue weighted by Crippen LogP contribution is 2.45. The molecule has 0 bridgehead atoms. The number of hydrogen-bond donors (Lipinski definition) is 1. The van der Waals surface area contributed by atoms with Crippen LogP contribution in [0.4, 0.5) is 5.13 Å². The fourth-order valence-corrected chi connectivity index (χ4v) is 6.11. The molecule has 6 rings (SSSR count). The fourth-order valence-electron chi connectivity index (χ4n) is 4.94. The lowest BCUT2D eigenvalue weighted by Crippen LogP contribution is -2.30. The molecule has 8 heteroatoms. The molecule has 0 saturated heterocycles. The van der Waals surface area contributed by atoms with Gasteiger partial charge in [0.25, 0.3) is 5.91 Å². The van der Waals surface area contributed by atoms with Crippen LogP contribution in [0.2, 0.25) is 0 Å². The van der Waals surface area contributed by atoms with Crippen molar-refractivity contribution < 1.29 is 23.8 Å². The fraction of sp³-hybridized carbons (Fsp3) is 0.129. The van der Waals surface area contributed by atoms with Gasteiger partial charge < -0.3 is 14.3 Å². The van der Waals surface area contributed by atoms with Crippen molar-refractivity contribution in [1.29, 1.82) is 0 Å². The van der Waals surface area contributed by atoms with Crippen molar-refractivity contribution in [1.82, 2.24) is 4.98 Å². The van der Waals surface area contributed by atoms with E-state index in [0.29, 0.717) is 28.6 Å². The lowest BCUT2D eigenvalue weighted by Gasteiger charge is -2.24. The molecule has 3 aromatic carbocycles. The van der Waals surface area contributed by atoms with Crippen LogP contribution in [-0.2, 0) is 4.79 Å². The van der Waals surface area contributed by atoms with Gasteiger partial charge in [0, 0.05) is 5.39 Å². The molecule has 5 aromatic rings. The van der Waals surface area contributed by atoms with Crippen molar-refractivity contribution in [3.8, 4) is 5.75 Å². The Hall–Kier alpha value is -4.69. The standard InChI is InChI=1S/C31H24N2O5S/c1-4-13-37-21-11-9-19(10-12-21)27-25(28(34)23-16-20-7-5-6-8-22(20)38-23)29(35)30(36)33(27)31-32-26-18(3)14-17(2)15-24(26)39-31/h4-12,14-16,27,35H,1,13H2,2-3H3. The van der Waals surface area contributed by atoms with Gasteiger partial charge in [0.2, 0.25) is 5.78 Å². The molecule has 1 amide bonds. The van der Waals surface area contributed by atoms with E-state index in [1.807, 2.05) is 44.2 Å². The first-order valence-electron chi connectivity index (χ1n) is 12.4. The third kappa shape index (κ3) is 4.19. The molecule has 194 valence electrons. The van der Waals surface area contributed by atoms with Gasteiger partial charge >= 0.3 is 0 Å². The van der Waals surface area contributed by atoms with E-state index >= 15 is 0 Å².